The van der Waals surface area contributed by atoms with Gasteiger partial charge in [0.05, 0.1) is 5.25 Å². The third-order valence-corrected chi connectivity index (χ3v) is 2.60. The smallest absolute Gasteiger partial charge is 0.233 e. The van der Waals surface area contributed by atoms with Gasteiger partial charge < -0.3 is 5.32 Å². The summed E-state index contributed by atoms with van der Waals surface area (Å²) in [4.78, 5) is 11.1. The Hall–Kier alpha value is -1.11. The highest BCUT2D eigenvalue weighted by molar-refractivity contribution is 8.00. The summed E-state index contributed by atoms with van der Waals surface area (Å²) in [5.41, 5.74) is 0. The maximum Gasteiger partial charge on any atom is 0.233 e. The molecule has 1 heterocycles. The Bertz CT molecular complexity index is 299. The monoisotopic (exact) mass is 201 g/mol. The number of aromatic nitrogens is 4. The van der Waals surface area contributed by atoms with E-state index >= 15 is 0 Å². The zero-order valence-corrected chi connectivity index (χ0v) is 8.50. The molecule has 6 nitrogen and oxygen atoms in total. The minimum Gasteiger partial charge on any atom is -0.358 e. The number of tetrazole rings is 1. The van der Waals surface area contributed by atoms with Gasteiger partial charge in [-0.05, 0) is 17.4 Å². The number of nitrogens with one attached hydrogen (secondary N) is 1. The number of thioether (sulfide) groups is 1. The van der Waals surface area contributed by atoms with Gasteiger partial charge in [-0.15, -0.1) is 5.10 Å². The lowest BCUT2D eigenvalue weighted by molar-refractivity contribution is -0.119. The Morgan fingerprint density at radius 1 is 1.69 bits per heavy atom. The number of nitrogens with zero attached hydrogens (tertiary/aromatic N) is 4. The van der Waals surface area contributed by atoms with Gasteiger partial charge >= 0.3 is 0 Å². The lowest BCUT2D eigenvalue weighted by Gasteiger charge is -2.06. The third kappa shape index (κ3) is 2.41. The standard InChI is InChI=1S/C6H11N5OS/c1-4(5(12)7-2)13-6-8-9-10-11(6)3/h4H,1-3H3,(H,7,12). The number of rotatable bonds is 3. The van der Waals surface area contributed by atoms with Crippen molar-refractivity contribution < 1.29 is 4.79 Å². The molecule has 0 aromatic carbocycles. The van der Waals surface area contributed by atoms with Crippen LogP contribution in [0.4, 0.5) is 0 Å². The highest BCUT2D eigenvalue weighted by Gasteiger charge is 2.15. The van der Waals surface area contributed by atoms with E-state index in [2.05, 4.69) is 20.8 Å². The van der Waals surface area contributed by atoms with Crippen molar-refractivity contribution in [2.45, 2.75) is 17.3 Å². The van der Waals surface area contributed by atoms with E-state index in [0.717, 1.165) is 0 Å². The Kier molecular flexibility index (Phi) is 3.24. The highest BCUT2D eigenvalue weighted by atomic mass is 32.2. The van der Waals surface area contributed by atoms with Crippen LogP contribution in [0.2, 0.25) is 0 Å². The second-order valence-corrected chi connectivity index (χ2v) is 3.77. The number of hydrogen-bond donors (Lipinski definition) is 1. The first-order valence-corrected chi connectivity index (χ1v) is 4.63. The first-order chi connectivity index (χ1) is 6.15. The van der Waals surface area contributed by atoms with Crippen LogP contribution in [0, 0.1) is 0 Å². The molecule has 72 valence electrons. The van der Waals surface area contributed by atoms with Crippen molar-refractivity contribution in [2.24, 2.45) is 7.05 Å². The van der Waals surface area contributed by atoms with E-state index in [1.165, 1.54) is 16.4 Å². The van der Waals surface area contributed by atoms with Crippen molar-refractivity contribution in [3.8, 4) is 0 Å². The molecule has 0 saturated carbocycles. The summed E-state index contributed by atoms with van der Waals surface area (Å²) in [7, 11) is 3.34. The molecule has 1 N–H and O–H groups in total. The maximum atomic E-state index is 11.1. The molecule has 0 saturated heterocycles. The third-order valence-electron chi connectivity index (χ3n) is 1.48. The Balaban J connectivity index is 2.59. The molecule has 0 spiro atoms. The molecule has 0 aliphatic rings. The number of hydrogen-bond acceptors (Lipinski definition) is 5. The van der Waals surface area contributed by atoms with Crippen LogP contribution in [0.3, 0.4) is 0 Å². The number of carbonyl (C=O) groups is 1. The molecular weight excluding hydrogens is 190 g/mol. The molecule has 7 heteroatoms. The molecule has 1 unspecified atom stereocenters. The van der Waals surface area contributed by atoms with Crippen molar-refractivity contribution in [2.75, 3.05) is 7.05 Å². The molecule has 1 aromatic rings. The zero-order valence-electron chi connectivity index (χ0n) is 7.68. The number of amides is 1. The second kappa shape index (κ2) is 4.22. The van der Waals surface area contributed by atoms with Crippen molar-refractivity contribution in [1.29, 1.82) is 0 Å². The van der Waals surface area contributed by atoms with E-state index in [4.69, 9.17) is 0 Å². The van der Waals surface area contributed by atoms with Crippen LogP contribution in [0.25, 0.3) is 0 Å². The predicted molar refractivity (Wildman–Crippen MR) is 48.2 cm³/mol. The molecule has 0 radical (unpaired) electrons. The van der Waals surface area contributed by atoms with Crippen LogP contribution in [-0.2, 0) is 11.8 Å². The molecule has 1 aromatic heterocycles. The Morgan fingerprint density at radius 2 is 2.38 bits per heavy atom. The van der Waals surface area contributed by atoms with Crippen molar-refractivity contribution in [3.05, 3.63) is 0 Å². The van der Waals surface area contributed by atoms with Gasteiger partial charge in [0.1, 0.15) is 0 Å². The first kappa shape index (κ1) is 9.97. The van der Waals surface area contributed by atoms with E-state index in [1.807, 2.05) is 0 Å². The van der Waals surface area contributed by atoms with E-state index in [1.54, 1.807) is 21.0 Å². The number of carbonyl (C=O) groups excluding carboxylic acids is 1. The summed E-state index contributed by atoms with van der Waals surface area (Å²) in [5, 5.41) is 13.9. The van der Waals surface area contributed by atoms with E-state index in [-0.39, 0.29) is 11.2 Å². The second-order valence-electron chi connectivity index (χ2n) is 2.46. The van der Waals surface area contributed by atoms with Crippen LogP contribution >= 0.6 is 11.8 Å². The molecule has 0 fully saturated rings. The summed E-state index contributed by atoms with van der Waals surface area (Å²) in [6.45, 7) is 1.80. The minimum atomic E-state index is -0.185. The minimum absolute atomic E-state index is 0.0343. The molecular formula is C6H11N5OS. The molecule has 1 rings (SSSR count). The van der Waals surface area contributed by atoms with Gasteiger partial charge in [0.2, 0.25) is 11.1 Å². The van der Waals surface area contributed by atoms with Crippen LogP contribution in [-0.4, -0.2) is 38.4 Å². The van der Waals surface area contributed by atoms with Gasteiger partial charge in [-0.3, -0.25) is 4.79 Å². The summed E-state index contributed by atoms with van der Waals surface area (Å²) in [6.07, 6.45) is 0. The molecule has 0 aliphatic heterocycles. The van der Waals surface area contributed by atoms with Crippen molar-refractivity contribution in [1.82, 2.24) is 25.5 Å². The average Bonchev–Trinajstić information content (AvgIpc) is 2.50. The molecule has 0 aliphatic carbocycles. The van der Waals surface area contributed by atoms with Crippen molar-refractivity contribution >= 4 is 17.7 Å². The van der Waals surface area contributed by atoms with Gasteiger partial charge in [0, 0.05) is 14.1 Å². The van der Waals surface area contributed by atoms with Gasteiger partial charge in [-0.1, -0.05) is 11.8 Å². The summed E-state index contributed by atoms with van der Waals surface area (Å²) >= 11 is 1.32. The van der Waals surface area contributed by atoms with Crippen LogP contribution < -0.4 is 5.32 Å². The molecule has 1 atom stereocenters. The normalized spacial score (nSPS) is 12.5. The fourth-order valence-electron chi connectivity index (χ4n) is 0.736. The fraction of sp³-hybridized carbons (Fsp3) is 0.667. The zero-order chi connectivity index (χ0) is 9.84. The lowest BCUT2D eigenvalue weighted by atomic mass is 10.4. The summed E-state index contributed by atoms with van der Waals surface area (Å²) in [6, 6.07) is 0. The molecule has 13 heavy (non-hydrogen) atoms. The Labute approximate surface area is 80.1 Å². The largest absolute Gasteiger partial charge is 0.358 e. The van der Waals surface area contributed by atoms with Gasteiger partial charge in [0.25, 0.3) is 0 Å². The number of aryl methyl sites for hydroxylation is 1. The highest BCUT2D eigenvalue weighted by Crippen LogP contribution is 2.18. The van der Waals surface area contributed by atoms with Crippen LogP contribution in [0.5, 0.6) is 0 Å². The van der Waals surface area contributed by atoms with E-state index in [9.17, 15) is 4.79 Å². The van der Waals surface area contributed by atoms with Crippen LogP contribution in [0.1, 0.15) is 6.92 Å². The molecule has 0 bridgehead atoms. The van der Waals surface area contributed by atoms with Gasteiger partial charge in [-0.25, -0.2) is 4.68 Å². The van der Waals surface area contributed by atoms with E-state index < -0.39 is 0 Å². The summed E-state index contributed by atoms with van der Waals surface area (Å²) < 4.78 is 1.53. The Morgan fingerprint density at radius 3 is 2.85 bits per heavy atom. The summed E-state index contributed by atoms with van der Waals surface area (Å²) in [5.74, 6) is -0.0343. The van der Waals surface area contributed by atoms with Crippen LogP contribution in [0.15, 0.2) is 5.16 Å². The fourth-order valence-corrected chi connectivity index (χ4v) is 1.55. The van der Waals surface area contributed by atoms with Gasteiger partial charge in [-0.2, -0.15) is 0 Å². The average molecular weight is 201 g/mol. The topological polar surface area (TPSA) is 72.7 Å². The van der Waals surface area contributed by atoms with Gasteiger partial charge in [0.15, 0.2) is 0 Å². The first-order valence-electron chi connectivity index (χ1n) is 3.75. The van der Waals surface area contributed by atoms with E-state index in [0.29, 0.717) is 5.16 Å². The maximum absolute atomic E-state index is 11.1. The predicted octanol–water partition coefficient (Wildman–Crippen LogP) is -0.563. The van der Waals surface area contributed by atoms with Crippen molar-refractivity contribution in [3.63, 3.8) is 0 Å². The lowest BCUT2D eigenvalue weighted by Crippen LogP contribution is -2.27. The quantitative estimate of drug-likeness (QED) is 0.663. The SMILES string of the molecule is CNC(=O)C(C)Sc1nnnn1C. The molecule has 1 amide bonds.